The second kappa shape index (κ2) is 9.76. The average molecular weight is 519 g/mol. The summed E-state index contributed by atoms with van der Waals surface area (Å²) < 4.78 is 13.0. The molecule has 3 aromatic carbocycles. The molecule has 1 aromatic heterocycles. The van der Waals surface area contributed by atoms with E-state index in [4.69, 9.17) is 21.1 Å². The van der Waals surface area contributed by atoms with Crippen LogP contribution in [0, 0.1) is 0 Å². The molecule has 8 heteroatoms. The smallest absolute Gasteiger partial charge is 0.338 e. The zero-order valence-corrected chi connectivity index (χ0v) is 21.5. The van der Waals surface area contributed by atoms with Crippen LogP contribution in [0.5, 0.6) is 5.75 Å². The van der Waals surface area contributed by atoms with Gasteiger partial charge in [0.1, 0.15) is 11.8 Å². The second-order valence-electron chi connectivity index (χ2n) is 8.23. The van der Waals surface area contributed by atoms with E-state index in [1.54, 1.807) is 27.0 Å². The van der Waals surface area contributed by atoms with E-state index in [-0.39, 0.29) is 12.2 Å². The Morgan fingerprint density at radius 3 is 2.64 bits per heavy atom. The van der Waals surface area contributed by atoms with Gasteiger partial charge < -0.3 is 9.47 Å². The first-order chi connectivity index (χ1) is 17.4. The largest absolute Gasteiger partial charge is 0.496 e. The minimum Gasteiger partial charge on any atom is -0.496 e. The van der Waals surface area contributed by atoms with Crippen molar-refractivity contribution >= 4 is 45.8 Å². The number of esters is 1. The van der Waals surface area contributed by atoms with Crippen molar-refractivity contribution in [2.75, 3.05) is 13.7 Å². The lowest BCUT2D eigenvalue weighted by molar-refractivity contribution is -0.139. The lowest BCUT2D eigenvalue weighted by atomic mass is 9.96. The van der Waals surface area contributed by atoms with Gasteiger partial charge in [-0.1, -0.05) is 71.5 Å². The van der Waals surface area contributed by atoms with Crippen LogP contribution in [0.1, 0.15) is 31.0 Å². The molecule has 1 aliphatic rings. The monoisotopic (exact) mass is 518 g/mol. The van der Waals surface area contributed by atoms with Crippen molar-refractivity contribution in [2.45, 2.75) is 19.9 Å². The number of fused-ring (bicyclic) bond motifs is 2. The predicted molar refractivity (Wildman–Crippen MR) is 142 cm³/mol. The Hall–Kier alpha value is -3.68. The molecule has 0 amide bonds. The van der Waals surface area contributed by atoms with E-state index >= 15 is 0 Å². The average Bonchev–Trinajstić information content (AvgIpc) is 3.18. The minimum atomic E-state index is -0.759. The maximum atomic E-state index is 13.9. The molecule has 0 bridgehead atoms. The van der Waals surface area contributed by atoms with Gasteiger partial charge in [-0.05, 0) is 48.4 Å². The van der Waals surface area contributed by atoms with Crippen molar-refractivity contribution in [1.29, 1.82) is 0 Å². The molecule has 1 aliphatic heterocycles. The third-order valence-electron chi connectivity index (χ3n) is 6.14. The molecule has 1 atom stereocenters. The van der Waals surface area contributed by atoms with Crippen LogP contribution in [0.4, 0.5) is 0 Å². The Kier molecular flexibility index (Phi) is 6.51. The van der Waals surface area contributed by atoms with Gasteiger partial charge in [-0.3, -0.25) is 9.36 Å². The molecule has 0 aliphatic carbocycles. The molecule has 36 heavy (non-hydrogen) atoms. The molecule has 4 aromatic rings. The number of allylic oxidation sites excluding steroid dienone is 1. The number of hydrogen-bond acceptors (Lipinski definition) is 6. The van der Waals surface area contributed by atoms with E-state index in [1.807, 2.05) is 60.7 Å². The van der Waals surface area contributed by atoms with E-state index in [2.05, 4.69) is 4.99 Å². The molecule has 182 valence electrons. The first-order valence-electron chi connectivity index (χ1n) is 11.4. The zero-order valence-electron chi connectivity index (χ0n) is 19.9. The molecule has 0 fully saturated rings. The summed E-state index contributed by atoms with van der Waals surface area (Å²) in [5, 5.41) is 2.45. The highest BCUT2D eigenvalue weighted by Crippen LogP contribution is 2.34. The van der Waals surface area contributed by atoms with Crippen molar-refractivity contribution in [2.24, 2.45) is 4.99 Å². The molecule has 0 unspecified atom stereocenters. The van der Waals surface area contributed by atoms with Gasteiger partial charge >= 0.3 is 5.97 Å². The van der Waals surface area contributed by atoms with Crippen molar-refractivity contribution in [3.8, 4) is 5.75 Å². The van der Waals surface area contributed by atoms with E-state index in [0.717, 1.165) is 16.3 Å². The zero-order chi connectivity index (χ0) is 25.4. The number of nitrogens with zero attached hydrogens (tertiary/aromatic N) is 2. The van der Waals surface area contributed by atoms with Crippen LogP contribution in [-0.2, 0) is 9.53 Å². The summed E-state index contributed by atoms with van der Waals surface area (Å²) in [6.45, 7) is 3.70. The number of benzene rings is 3. The minimum absolute atomic E-state index is 0.205. The Morgan fingerprint density at radius 1 is 1.14 bits per heavy atom. The van der Waals surface area contributed by atoms with Gasteiger partial charge in [-0.15, -0.1) is 0 Å². The highest BCUT2D eigenvalue weighted by Gasteiger charge is 2.34. The number of carbonyl (C=O) groups excluding carboxylic acids is 1. The molecule has 2 heterocycles. The molecular weight excluding hydrogens is 496 g/mol. The van der Waals surface area contributed by atoms with Crippen molar-refractivity contribution in [3.05, 3.63) is 108 Å². The number of aromatic nitrogens is 1. The Balaban J connectivity index is 1.80. The first kappa shape index (κ1) is 24.0. The van der Waals surface area contributed by atoms with E-state index in [9.17, 15) is 9.59 Å². The van der Waals surface area contributed by atoms with Gasteiger partial charge in [0, 0.05) is 10.6 Å². The molecule has 6 nitrogen and oxygen atoms in total. The van der Waals surface area contributed by atoms with Gasteiger partial charge in [0.2, 0.25) is 0 Å². The Bertz CT molecular complexity index is 1720. The van der Waals surface area contributed by atoms with Crippen molar-refractivity contribution < 1.29 is 14.3 Å². The molecule has 0 spiro atoms. The maximum Gasteiger partial charge on any atom is 0.338 e. The lowest BCUT2D eigenvalue weighted by Gasteiger charge is -2.25. The quantitative estimate of drug-likeness (QED) is 0.362. The maximum absolute atomic E-state index is 13.9. The number of rotatable bonds is 5. The molecule has 0 saturated carbocycles. The topological polar surface area (TPSA) is 69.9 Å². The number of hydrogen-bond donors (Lipinski definition) is 0. The highest BCUT2D eigenvalue weighted by atomic mass is 35.5. The van der Waals surface area contributed by atoms with Gasteiger partial charge in [0.25, 0.3) is 5.56 Å². The van der Waals surface area contributed by atoms with Crippen LogP contribution < -0.4 is 19.6 Å². The summed E-state index contributed by atoms with van der Waals surface area (Å²) in [4.78, 5) is 32.1. The number of carbonyl (C=O) groups is 1. The fraction of sp³-hybridized carbons (Fsp3) is 0.179. The van der Waals surface area contributed by atoms with Gasteiger partial charge in [-0.25, -0.2) is 9.79 Å². The fourth-order valence-electron chi connectivity index (χ4n) is 4.52. The summed E-state index contributed by atoms with van der Waals surface area (Å²) in [5.41, 5.74) is 1.96. The summed E-state index contributed by atoms with van der Waals surface area (Å²) in [6.07, 6.45) is 1.83. The van der Waals surface area contributed by atoms with Crippen molar-refractivity contribution in [3.63, 3.8) is 0 Å². The molecule has 5 rings (SSSR count). The third-order valence-corrected chi connectivity index (χ3v) is 7.47. The highest BCUT2D eigenvalue weighted by molar-refractivity contribution is 7.07. The standard InChI is InChI=1S/C28H23ClN2O4S/c1-4-35-27(33)24-16(2)30-28-31(25(24)19-11-7-8-12-21(19)29)26(32)23(36-28)15-20-18-10-6-5-9-17(18)13-14-22(20)34-3/h5-15,25H,4H2,1-3H3/b23-15-/t25-/m0/s1. The Morgan fingerprint density at radius 2 is 1.89 bits per heavy atom. The van der Waals surface area contributed by atoms with Crippen LogP contribution in [0.2, 0.25) is 5.02 Å². The van der Waals surface area contributed by atoms with E-state index in [0.29, 0.717) is 36.9 Å². The van der Waals surface area contributed by atoms with Crippen molar-refractivity contribution in [1.82, 2.24) is 4.57 Å². The fourth-order valence-corrected chi connectivity index (χ4v) is 5.78. The van der Waals surface area contributed by atoms with Crippen LogP contribution in [0.3, 0.4) is 0 Å². The molecule has 0 saturated heterocycles. The second-order valence-corrected chi connectivity index (χ2v) is 9.64. The van der Waals surface area contributed by atoms with Crippen LogP contribution in [-0.4, -0.2) is 24.3 Å². The van der Waals surface area contributed by atoms with Gasteiger partial charge in [0.15, 0.2) is 4.80 Å². The number of thiazole rings is 1. The summed E-state index contributed by atoms with van der Waals surface area (Å²) in [5.74, 6) is 0.138. The van der Waals surface area contributed by atoms with Crippen LogP contribution in [0.25, 0.3) is 16.8 Å². The number of ether oxygens (including phenoxy) is 2. The third kappa shape index (κ3) is 4.04. The SMILES string of the molecule is CCOC(=O)C1=C(C)N=c2s/c(=C\c3c(OC)ccc4ccccc34)c(=O)n2[C@H]1c1ccccc1Cl. The van der Waals surface area contributed by atoms with Gasteiger partial charge in [0.05, 0.1) is 29.5 Å². The van der Waals surface area contributed by atoms with Crippen LogP contribution >= 0.6 is 22.9 Å². The summed E-state index contributed by atoms with van der Waals surface area (Å²) in [6, 6.07) is 18.2. The molecular formula is C28H23ClN2O4S. The predicted octanol–water partition coefficient (Wildman–Crippen LogP) is 4.61. The van der Waals surface area contributed by atoms with Crippen LogP contribution in [0.15, 0.2) is 81.7 Å². The summed E-state index contributed by atoms with van der Waals surface area (Å²) >= 11 is 7.83. The number of methoxy groups -OCH3 is 1. The Labute approximate surface area is 216 Å². The summed E-state index contributed by atoms with van der Waals surface area (Å²) in [7, 11) is 1.61. The molecule has 0 radical (unpaired) electrons. The van der Waals surface area contributed by atoms with E-state index in [1.165, 1.54) is 15.9 Å². The lowest BCUT2D eigenvalue weighted by Crippen LogP contribution is -2.40. The molecule has 0 N–H and O–H groups in total. The normalized spacial score (nSPS) is 15.6. The van der Waals surface area contributed by atoms with E-state index < -0.39 is 12.0 Å². The van der Waals surface area contributed by atoms with Gasteiger partial charge in [-0.2, -0.15) is 0 Å². The first-order valence-corrected chi connectivity index (χ1v) is 12.6. The number of halogens is 1.